The molecule has 0 aromatic heterocycles. The van der Waals surface area contributed by atoms with E-state index in [-0.39, 0.29) is 21.7 Å². The molecule has 1 aliphatic heterocycles. The topological polar surface area (TPSA) is 9.72 Å². The minimum Gasteiger partial charge on any atom is -0.345 e. The molecular weight excluding hydrogens is 725 g/mol. The summed E-state index contributed by atoms with van der Waals surface area (Å²) < 4.78 is 0. The molecule has 0 saturated heterocycles. The Morgan fingerprint density at radius 3 is 1.38 bits per heavy atom. The molecular formula is C56H68BN3. The van der Waals surface area contributed by atoms with Gasteiger partial charge in [0.2, 0.25) is 7.28 Å². The van der Waals surface area contributed by atoms with Crippen molar-refractivity contribution in [3.63, 3.8) is 0 Å². The average molecular weight is 794 g/mol. The Hall–Kier alpha value is -5.22. The Morgan fingerprint density at radius 2 is 0.900 bits per heavy atom. The first kappa shape index (κ1) is 42.9. The summed E-state index contributed by atoms with van der Waals surface area (Å²) in [7, 11) is 3.06. The summed E-state index contributed by atoms with van der Waals surface area (Å²) >= 11 is 0. The minimum absolute atomic E-state index is 0.0520. The van der Waals surface area contributed by atoms with Crippen molar-refractivity contribution in [2.24, 2.45) is 0 Å². The Kier molecular flexibility index (Phi) is 11.0. The molecule has 0 radical (unpaired) electrons. The summed E-state index contributed by atoms with van der Waals surface area (Å²) in [5.41, 5.74) is 21.7. The summed E-state index contributed by atoms with van der Waals surface area (Å²) in [5.74, 6) is 0. The lowest BCUT2D eigenvalue weighted by Gasteiger charge is -2.38. The SMILES string of the molecule is Cc1cc(N(C)c2ccc(C(C)(C)C)cc2)c2c(c1)N(c1ccc(C(C)(C)C)cc1)c1cc(N(c3ccc(C(C)(C)C)cc3)c3c(C)cc(C(C)(C)C)cc3C)ccc1B2. The molecule has 0 unspecified atom stereocenters. The molecule has 0 bridgehead atoms. The second-order valence-electron chi connectivity index (χ2n) is 21.6. The van der Waals surface area contributed by atoms with E-state index in [2.05, 4.69) is 241 Å². The monoisotopic (exact) mass is 794 g/mol. The molecule has 3 nitrogen and oxygen atoms in total. The van der Waals surface area contributed by atoms with Crippen molar-refractivity contribution in [2.75, 3.05) is 21.7 Å². The number of hydrogen-bond acceptors (Lipinski definition) is 3. The van der Waals surface area contributed by atoms with Crippen LogP contribution in [0.25, 0.3) is 0 Å². The molecule has 0 aliphatic carbocycles. The van der Waals surface area contributed by atoms with Gasteiger partial charge in [0.25, 0.3) is 0 Å². The number of rotatable bonds is 6. The lowest BCUT2D eigenvalue weighted by Crippen LogP contribution is -2.42. The summed E-state index contributed by atoms with van der Waals surface area (Å²) in [6, 6.07) is 44.4. The van der Waals surface area contributed by atoms with Crippen LogP contribution in [0.3, 0.4) is 0 Å². The van der Waals surface area contributed by atoms with E-state index in [0.717, 1.165) is 18.7 Å². The van der Waals surface area contributed by atoms with Crippen LogP contribution in [0.15, 0.2) is 115 Å². The normalized spacial score (nSPS) is 13.1. The van der Waals surface area contributed by atoms with E-state index in [0.29, 0.717) is 0 Å². The summed E-state index contributed by atoms with van der Waals surface area (Å²) in [6.07, 6.45) is 0. The van der Waals surface area contributed by atoms with Crippen LogP contribution in [-0.4, -0.2) is 14.3 Å². The Balaban J connectivity index is 1.44. The highest BCUT2D eigenvalue weighted by atomic mass is 15.2. The molecule has 7 rings (SSSR count). The molecule has 0 fully saturated rings. The second-order valence-corrected chi connectivity index (χ2v) is 21.6. The third-order valence-corrected chi connectivity index (χ3v) is 12.6. The van der Waals surface area contributed by atoms with Crippen molar-refractivity contribution in [1.29, 1.82) is 0 Å². The minimum atomic E-state index is 0.0520. The van der Waals surface area contributed by atoms with Gasteiger partial charge in [0.05, 0.1) is 5.69 Å². The predicted octanol–water partition coefficient (Wildman–Crippen LogP) is 14.2. The van der Waals surface area contributed by atoms with Crippen molar-refractivity contribution in [2.45, 2.75) is 126 Å². The molecule has 0 saturated carbocycles. The quantitative estimate of drug-likeness (QED) is 0.155. The molecule has 0 amide bonds. The maximum absolute atomic E-state index is 2.53. The summed E-state index contributed by atoms with van der Waals surface area (Å²) in [6.45, 7) is 34.3. The van der Waals surface area contributed by atoms with Gasteiger partial charge in [0.15, 0.2) is 0 Å². The fourth-order valence-corrected chi connectivity index (χ4v) is 8.80. The second kappa shape index (κ2) is 15.4. The first-order valence-electron chi connectivity index (χ1n) is 22.0. The zero-order valence-electron chi connectivity index (χ0n) is 39.5. The van der Waals surface area contributed by atoms with Gasteiger partial charge >= 0.3 is 0 Å². The van der Waals surface area contributed by atoms with Crippen LogP contribution in [-0.2, 0) is 21.7 Å². The number of fused-ring (bicyclic) bond motifs is 2. The van der Waals surface area contributed by atoms with Crippen LogP contribution in [0.1, 0.15) is 122 Å². The number of hydrogen-bond donors (Lipinski definition) is 0. The van der Waals surface area contributed by atoms with Gasteiger partial charge in [-0.3, -0.25) is 0 Å². The van der Waals surface area contributed by atoms with Crippen molar-refractivity contribution in [3.8, 4) is 0 Å². The number of benzene rings is 6. The largest absolute Gasteiger partial charge is 0.345 e. The van der Waals surface area contributed by atoms with Crippen molar-refractivity contribution in [3.05, 3.63) is 154 Å². The molecule has 6 aromatic rings. The van der Waals surface area contributed by atoms with E-state index in [1.54, 1.807) is 0 Å². The van der Waals surface area contributed by atoms with Gasteiger partial charge in [-0.25, -0.2) is 0 Å². The third-order valence-electron chi connectivity index (χ3n) is 12.6. The maximum atomic E-state index is 2.53. The molecule has 0 N–H and O–H groups in total. The Labute approximate surface area is 363 Å². The lowest BCUT2D eigenvalue weighted by atomic mass is 9.59. The predicted molar refractivity (Wildman–Crippen MR) is 266 cm³/mol. The zero-order valence-corrected chi connectivity index (χ0v) is 39.5. The highest BCUT2D eigenvalue weighted by Gasteiger charge is 2.31. The van der Waals surface area contributed by atoms with E-state index in [4.69, 9.17) is 0 Å². The first-order chi connectivity index (χ1) is 27.9. The highest BCUT2D eigenvalue weighted by molar-refractivity contribution is 6.73. The van der Waals surface area contributed by atoms with Crippen LogP contribution in [0.4, 0.5) is 45.5 Å². The zero-order chi connectivity index (χ0) is 43.7. The molecule has 60 heavy (non-hydrogen) atoms. The third kappa shape index (κ3) is 8.40. The number of aryl methyl sites for hydroxylation is 3. The smallest absolute Gasteiger partial charge is 0.200 e. The molecule has 1 heterocycles. The molecule has 0 spiro atoms. The Morgan fingerprint density at radius 1 is 0.450 bits per heavy atom. The van der Waals surface area contributed by atoms with Gasteiger partial charge in [0.1, 0.15) is 0 Å². The molecule has 1 aliphatic rings. The van der Waals surface area contributed by atoms with Gasteiger partial charge in [-0.2, -0.15) is 0 Å². The van der Waals surface area contributed by atoms with Gasteiger partial charge in [0, 0.05) is 46.9 Å². The van der Waals surface area contributed by atoms with E-state index >= 15 is 0 Å². The first-order valence-corrected chi connectivity index (χ1v) is 22.0. The van der Waals surface area contributed by atoms with Crippen molar-refractivity contribution in [1.82, 2.24) is 0 Å². The van der Waals surface area contributed by atoms with Crippen LogP contribution in [0.5, 0.6) is 0 Å². The van der Waals surface area contributed by atoms with Crippen LogP contribution in [0, 0.1) is 20.8 Å². The number of anilines is 8. The maximum Gasteiger partial charge on any atom is 0.200 e. The molecule has 310 valence electrons. The van der Waals surface area contributed by atoms with Gasteiger partial charge < -0.3 is 14.7 Å². The van der Waals surface area contributed by atoms with Gasteiger partial charge in [-0.05, 0) is 148 Å². The fraction of sp³-hybridized carbons (Fsp3) is 0.357. The standard InChI is InChI=1S/C56H68BN3/c1-36-31-49(58(16)43-23-17-39(18-24-43)53(4,5)6)51-50(32-36)60(45-27-21-41(22-28-45)55(10,11)12)48-35-46(29-30-47(48)57-51)59(44-25-19-40(20-26-44)54(7,8)9)52-37(2)33-42(34-38(52)3)56(13,14)15/h17-35,57H,1-16H3. The average Bonchev–Trinajstić information content (AvgIpc) is 3.16. The summed E-state index contributed by atoms with van der Waals surface area (Å²) in [5, 5.41) is 0. The Bertz CT molecular complexity index is 2490. The van der Waals surface area contributed by atoms with Crippen LogP contribution >= 0.6 is 0 Å². The lowest BCUT2D eigenvalue weighted by molar-refractivity contribution is 0.589. The summed E-state index contributed by atoms with van der Waals surface area (Å²) in [4.78, 5) is 7.41. The fourth-order valence-electron chi connectivity index (χ4n) is 8.80. The van der Waals surface area contributed by atoms with Crippen LogP contribution in [0.2, 0.25) is 0 Å². The van der Waals surface area contributed by atoms with Crippen molar-refractivity contribution >= 4 is 63.7 Å². The van der Waals surface area contributed by atoms with E-state index < -0.39 is 0 Å². The van der Waals surface area contributed by atoms with E-state index in [1.807, 2.05) is 0 Å². The van der Waals surface area contributed by atoms with Crippen LogP contribution < -0.4 is 25.6 Å². The molecule has 6 aromatic carbocycles. The van der Waals surface area contributed by atoms with Crippen molar-refractivity contribution < 1.29 is 0 Å². The highest BCUT2D eigenvalue weighted by Crippen LogP contribution is 2.45. The molecule has 4 heteroatoms. The molecule has 0 atom stereocenters. The van der Waals surface area contributed by atoms with Gasteiger partial charge in [-0.15, -0.1) is 0 Å². The van der Waals surface area contributed by atoms with E-state index in [9.17, 15) is 0 Å². The number of nitrogens with zero attached hydrogens (tertiary/aromatic N) is 3. The van der Waals surface area contributed by atoms with E-state index in [1.165, 1.54) is 84.0 Å². The van der Waals surface area contributed by atoms with Gasteiger partial charge in [-0.1, -0.05) is 143 Å².